The van der Waals surface area contributed by atoms with Crippen molar-refractivity contribution in [2.45, 2.75) is 13.8 Å². The summed E-state index contributed by atoms with van der Waals surface area (Å²) in [7, 11) is -2.87. The summed E-state index contributed by atoms with van der Waals surface area (Å²) < 4.78 is 8.70. The molecule has 0 aliphatic carbocycles. The quantitative estimate of drug-likeness (QED) is 0.421. The first kappa shape index (κ1) is 15.8. The van der Waals surface area contributed by atoms with Crippen molar-refractivity contribution in [2.75, 3.05) is 0 Å². The van der Waals surface area contributed by atoms with Crippen LogP contribution in [0.15, 0.2) is 0 Å². The lowest BCUT2D eigenvalue weighted by Crippen LogP contribution is -1.38. The van der Waals surface area contributed by atoms with Crippen LogP contribution in [-0.4, -0.2) is 9.79 Å². The molecule has 0 aromatic carbocycles. The van der Waals surface area contributed by atoms with E-state index in [1.54, 1.807) is 0 Å². The Labute approximate surface area is 43.7 Å². The van der Waals surface area contributed by atoms with E-state index in [4.69, 9.17) is 14.4 Å². The third kappa shape index (κ3) is 237000. The van der Waals surface area contributed by atoms with Gasteiger partial charge in [-0.15, -0.1) is 9.79 Å². The summed E-state index contributed by atoms with van der Waals surface area (Å²) in [5, 5.41) is 0. The van der Waals surface area contributed by atoms with Gasteiger partial charge in [-0.3, -0.25) is 0 Å². The monoisotopic (exact) mass is 128 g/mol. The molecular formula is C2H11NO3P+. The minimum absolute atomic E-state index is 0. The van der Waals surface area contributed by atoms with Crippen LogP contribution in [0.5, 0.6) is 0 Å². The van der Waals surface area contributed by atoms with Crippen LogP contribution in [0.3, 0.4) is 0 Å². The smallest absolute Gasteiger partial charge is 0.344 e. The molecule has 0 aromatic heterocycles. The summed E-state index contributed by atoms with van der Waals surface area (Å²) in [6, 6.07) is 0. The summed E-state index contributed by atoms with van der Waals surface area (Å²) in [6.07, 6.45) is 0. The Balaban J connectivity index is -0.0000000480. The van der Waals surface area contributed by atoms with Crippen molar-refractivity contribution in [3.8, 4) is 0 Å². The fourth-order valence-electron chi connectivity index (χ4n) is 0. The zero-order chi connectivity index (χ0) is 5.58. The van der Waals surface area contributed by atoms with Crippen molar-refractivity contribution in [3.63, 3.8) is 0 Å². The van der Waals surface area contributed by atoms with Gasteiger partial charge in [-0.25, -0.2) is 0 Å². The van der Waals surface area contributed by atoms with Crippen LogP contribution in [0.25, 0.3) is 0 Å². The summed E-state index contributed by atoms with van der Waals surface area (Å²) >= 11 is 0. The summed E-state index contributed by atoms with van der Waals surface area (Å²) in [4.78, 5) is 14.2. The number of hydrogen-bond acceptors (Lipinski definition) is 2. The van der Waals surface area contributed by atoms with Crippen molar-refractivity contribution < 1.29 is 14.4 Å². The van der Waals surface area contributed by atoms with E-state index in [0.717, 1.165) is 0 Å². The van der Waals surface area contributed by atoms with Crippen LogP contribution in [-0.2, 0) is 4.57 Å². The number of hydrogen-bond donors (Lipinski definition) is 3. The van der Waals surface area contributed by atoms with Gasteiger partial charge in [0, 0.05) is 4.57 Å². The van der Waals surface area contributed by atoms with Crippen LogP contribution >= 0.6 is 8.25 Å². The van der Waals surface area contributed by atoms with Crippen molar-refractivity contribution in [2.24, 2.45) is 0 Å². The Kier molecular flexibility index (Phi) is 37.6. The van der Waals surface area contributed by atoms with Crippen LogP contribution in [0.2, 0.25) is 0 Å². The standard InChI is InChI=1S/C2H6.H3N.HO3P/c1-2;;1-4(2)3/h1-2H3;1H3;(H-,1,2,3)/p+1. The Bertz CT molecular complexity index is 35.9. The molecule has 0 aliphatic rings. The first-order valence-electron chi connectivity index (χ1n) is 1.58. The first-order chi connectivity index (χ1) is 2.73. The highest BCUT2D eigenvalue weighted by Crippen LogP contribution is 1.98. The summed E-state index contributed by atoms with van der Waals surface area (Å²) in [5.74, 6) is 0. The maximum absolute atomic E-state index is 8.70. The largest absolute Gasteiger partial charge is 0.692 e. The molecule has 0 rings (SSSR count). The Morgan fingerprint density at radius 1 is 1.29 bits per heavy atom. The molecule has 5 N–H and O–H groups in total. The van der Waals surface area contributed by atoms with E-state index in [1.165, 1.54) is 0 Å². The summed E-state index contributed by atoms with van der Waals surface area (Å²) in [5.41, 5.74) is 0. The van der Waals surface area contributed by atoms with E-state index in [2.05, 4.69) is 0 Å². The molecule has 4 nitrogen and oxygen atoms in total. The summed E-state index contributed by atoms with van der Waals surface area (Å²) in [6.45, 7) is 4.00. The molecule has 0 bridgehead atoms. The van der Waals surface area contributed by atoms with Gasteiger partial charge in [0.1, 0.15) is 0 Å². The van der Waals surface area contributed by atoms with Crippen LogP contribution in [0.4, 0.5) is 0 Å². The molecule has 0 aromatic rings. The molecule has 7 heavy (non-hydrogen) atoms. The normalized spacial score (nSPS) is 4.57. The molecule has 46 valence electrons. The molecule has 5 heteroatoms. The van der Waals surface area contributed by atoms with Crippen molar-refractivity contribution in [1.82, 2.24) is 6.15 Å². The van der Waals surface area contributed by atoms with E-state index in [9.17, 15) is 0 Å². The van der Waals surface area contributed by atoms with Gasteiger partial charge in [-0.05, 0) is 0 Å². The SMILES string of the molecule is CC.N.O=[P+](O)O. The Hall–Kier alpha value is -0.0200. The van der Waals surface area contributed by atoms with Gasteiger partial charge in [-0.2, -0.15) is 0 Å². The predicted molar refractivity (Wildman–Crippen MR) is 28.4 cm³/mol. The average molecular weight is 128 g/mol. The fraction of sp³-hybridized carbons (Fsp3) is 1.00. The maximum Gasteiger partial charge on any atom is 0.692 e. The second kappa shape index (κ2) is 16.7. The van der Waals surface area contributed by atoms with Gasteiger partial charge in [0.05, 0.1) is 0 Å². The van der Waals surface area contributed by atoms with Crippen molar-refractivity contribution in [3.05, 3.63) is 0 Å². The third-order valence-corrected chi connectivity index (χ3v) is 0. The van der Waals surface area contributed by atoms with Crippen LogP contribution in [0.1, 0.15) is 13.8 Å². The molecular weight excluding hydrogens is 117 g/mol. The molecule has 0 radical (unpaired) electrons. The lowest BCUT2D eigenvalue weighted by atomic mass is 11.0. The molecule has 0 aliphatic heterocycles. The zero-order valence-corrected chi connectivity index (χ0v) is 5.35. The molecule has 0 saturated carbocycles. The molecule has 0 heterocycles. The second-order valence-corrected chi connectivity index (χ2v) is 0.758. The molecule has 0 atom stereocenters. The highest BCUT2D eigenvalue weighted by Gasteiger charge is 1.93. The van der Waals surface area contributed by atoms with Gasteiger partial charge < -0.3 is 6.15 Å². The highest BCUT2D eigenvalue weighted by atomic mass is 31.1. The molecule has 0 spiro atoms. The number of rotatable bonds is 0. The van der Waals surface area contributed by atoms with Gasteiger partial charge in [-0.1, -0.05) is 13.8 Å². The lowest BCUT2D eigenvalue weighted by Gasteiger charge is -1.34. The topological polar surface area (TPSA) is 92.5 Å². The van der Waals surface area contributed by atoms with Crippen molar-refractivity contribution in [1.29, 1.82) is 0 Å². The van der Waals surface area contributed by atoms with Gasteiger partial charge in [0.2, 0.25) is 0 Å². The first-order valence-corrected chi connectivity index (χ1v) is 2.75. The van der Waals surface area contributed by atoms with Crippen LogP contribution in [0, 0.1) is 0 Å². The van der Waals surface area contributed by atoms with E-state index in [1.807, 2.05) is 13.8 Å². The molecule has 0 unspecified atom stereocenters. The molecule has 0 fully saturated rings. The van der Waals surface area contributed by atoms with E-state index in [0.29, 0.717) is 0 Å². The van der Waals surface area contributed by atoms with Crippen LogP contribution < -0.4 is 6.15 Å². The van der Waals surface area contributed by atoms with Gasteiger partial charge in [0.15, 0.2) is 0 Å². The van der Waals surface area contributed by atoms with Crippen molar-refractivity contribution >= 4 is 8.25 Å². The minimum atomic E-state index is -2.87. The Morgan fingerprint density at radius 3 is 1.29 bits per heavy atom. The maximum atomic E-state index is 8.70. The highest BCUT2D eigenvalue weighted by molar-refractivity contribution is 7.30. The van der Waals surface area contributed by atoms with Gasteiger partial charge >= 0.3 is 8.25 Å². The Morgan fingerprint density at radius 2 is 1.29 bits per heavy atom. The fourth-order valence-corrected chi connectivity index (χ4v) is 0. The zero-order valence-electron chi connectivity index (χ0n) is 4.46. The lowest BCUT2D eigenvalue weighted by molar-refractivity contribution is 0.405. The second-order valence-electron chi connectivity index (χ2n) is 0.253. The van der Waals surface area contributed by atoms with E-state index >= 15 is 0 Å². The van der Waals surface area contributed by atoms with Gasteiger partial charge in [0.25, 0.3) is 0 Å². The predicted octanol–water partition coefficient (Wildman–Crippen LogP) is 0.817. The van der Waals surface area contributed by atoms with E-state index < -0.39 is 8.25 Å². The molecule has 0 amide bonds. The third-order valence-electron chi connectivity index (χ3n) is 0. The average Bonchev–Trinajstić information content (AvgIpc) is 1.41. The molecule has 0 saturated heterocycles. The minimum Gasteiger partial charge on any atom is -0.344 e. The van der Waals surface area contributed by atoms with E-state index in [-0.39, 0.29) is 6.15 Å².